The predicted octanol–water partition coefficient (Wildman–Crippen LogP) is 4.15. The van der Waals surface area contributed by atoms with Gasteiger partial charge in [0.25, 0.3) is 5.91 Å². The molecule has 1 aromatic heterocycles. The molecule has 0 fully saturated rings. The van der Waals surface area contributed by atoms with Crippen LogP contribution < -0.4 is 5.32 Å². The normalized spacial score (nSPS) is 11.1. The number of amides is 1. The van der Waals surface area contributed by atoms with Crippen LogP contribution in [0.1, 0.15) is 21.5 Å². The van der Waals surface area contributed by atoms with E-state index in [2.05, 4.69) is 10.4 Å². The first-order chi connectivity index (χ1) is 12.8. The minimum atomic E-state index is -4.69. The number of para-hydroxylation sites is 1. The number of carbonyl (C=O) groups is 1. The topological polar surface area (TPSA) is 70.7 Å². The fourth-order valence-corrected chi connectivity index (χ4v) is 2.47. The second kappa shape index (κ2) is 6.92. The van der Waals surface area contributed by atoms with Crippen LogP contribution in [0.25, 0.3) is 5.69 Å². The molecule has 3 aromatic rings. The second-order valence-electron chi connectivity index (χ2n) is 5.42. The van der Waals surface area contributed by atoms with Crippen LogP contribution in [0.5, 0.6) is 0 Å². The zero-order valence-electron chi connectivity index (χ0n) is 13.5. The van der Waals surface area contributed by atoms with E-state index in [1.807, 2.05) is 6.07 Å². The van der Waals surface area contributed by atoms with E-state index in [0.717, 1.165) is 29.1 Å². The molecule has 5 nitrogen and oxygen atoms in total. The van der Waals surface area contributed by atoms with Crippen molar-refractivity contribution in [3.8, 4) is 11.8 Å². The smallest absolute Gasteiger partial charge is 0.319 e. The number of aromatic nitrogens is 2. The summed E-state index contributed by atoms with van der Waals surface area (Å²) in [5.74, 6) is -1.70. The predicted molar refractivity (Wildman–Crippen MR) is 87.6 cm³/mol. The van der Waals surface area contributed by atoms with Crippen molar-refractivity contribution >= 4 is 11.6 Å². The lowest BCUT2D eigenvalue weighted by Gasteiger charge is -2.11. The lowest BCUT2D eigenvalue weighted by atomic mass is 10.1. The van der Waals surface area contributed by atoms with Gasteiger partial charge in [-0.15, -0.1) is 0 Å². The summed E-state index contributed by atoms with van der Waals surface area (Å²) in [5.41, 5.74) is -1.70. The van der Waals surface area contributed by atoms with Crippen molar-refractivity contribution < 1.29 is 22.4 Å². The summed E-state index contributed by atoms with van der Waals surface area (Å²) in [6, 6.07) is 10.0. The summed E-state index contributed by atoms with van der Waals surface area (Å²) in [6.07, 6.45) is -2.35. The molecule has 0 saturated carbocycles. The maximum absolute atomic E-state index is 14.0. The van der Waals surface area contributed by atoms with Crippen molar-refractivity contribution in [3.63, 3.8) is 0 Å². The monoisotopic (exact) mass is 374 g/mol. The molecule has 2 aromatic carbocycles. The third kappa shape index (κ3) is 3.64. The molecular formula is C18H10F4N4O. The van der Waals surface area contributed by atoms with Gasteiger partial charge >= 0.3 is 6.18 Å². The first-order valence-corrected chi connectivity index (χ1v) is 7.52. The molecule has 27 heavy (non-hydrogen) atoms. The van der Waals surface area contributed by atoms with Gasteiger partial charge < -0.3 is 5.32 Å². The van der Waals surface area contributed by atoms with Gasteiger partial charge in [0.1, 0.15) is 17.6 Å². The van der Waals surface area contributed by atoms with Gasteiger partial charge in [-0.1, -0.05) is 18.2 Å². The fraction of sp³-hybridized carbons (Fsp3) is 0.0556. The van der Waals surface area contributed by atoms with Crippen molar-refractivity contribution in [3.05, 3.63) is 77.4 Å². The summed E-state index contributed by atoms with van der Waals surface area (Å²) in [7, 11) is 0. The zero-order chi connectivity index (χ0) is 19.6. The standard InChI is InChI=1S/C18H10F4N4O/c19-15-7-3-4-11(8-23)16(15)26-10-12(9-24-26)25-17(27)13-5-1-2-6-14(13)18(20,21)22/h1-7,9-10H,(H,25,27). The molecule has 0 unspecified atom stereocenters. The molecule has 0 spiro atoms. The maximum atomic E-state index is 14.0. The van der Waals surface area contributed by atoms with Crippen LogP contribution in [0.3, 0.4) is 0 Å². The highest BCUT2D eigenvalue weighted by atomic mass is 19.4. The van der Waals surface area contributed by atoms with E-state index in [1.54, 1.807) is 0 Å². The van der Waals surface area contributed by atoms with Crippen molar-refractivity contribution in [1.29, 1.82) is 5.26 Å². The Labute approximate surface area is 150 Å². The van der Waals surface area contributed by atoms with Crippen molar-refractivity contribution in [2.45, 2.75) is 6.18 Å². The maximum Gasteiger partial charge on any atom is 0.417 e. The lowest BCUT2D eigenvalue weighted by molar-refractivity contribution is -0.137. The van der Waals surface area contributed by atoms with Crippen molar-refractivity contribution in [2.24, 2.45) is 0 Å². The molecule has 0 radical (unpaired) electrons. The van der Waals surface area contributed by atoms with Crippen LogP contribution >= 0.6 is 0 Å². The van der Waals surface area contributed by atoms with E-state index in [4.69, 9.17) is 5.26 Å². The van der Waals surface area contributed by atoms with Gasteiger partial charge in [0.2, 0.25) is 0 Å². The second-order valence-corrected chi connectivity index (χ2v) is 5.42. The van der Waals surface area contributed by atoms with E-state index < -0.39 is 29.0 Å². The average molecular weight is 374 g/mol. The van der Waals surface area contributed by atoms with Crippen molar-refractivity contribution in [2.75, 3.05) is 5.32 Å². The Morgan fingerprint density at radius 2 is 1.89 bits per heavy atom. The van der Waals surface area contributed by atoms with Gasteiger partial charge in [-0.2, -0.15) is 23.5 Å². The Bertz CT molecular complexity index is 1050. The van der Waals surface area contributed by atoms with E-state index in [-0.39, 0.29) is 16.9 Å². The molecule has 0 aliphatic rings. The van der Waals surface area contributed by atoms with Gasteiger partial charge in [-0.3, -0.25) is 4.79 Å². The largest absolute Gasteiger partial charge is 0.417 e. The third-order valence-corrected chi connectivity index (χ3v) is 3.65. The number of rotatable bonds is 3. The molecular weight excluding hydrogens is 364 g/mol. The number of halogens is 4. The summed E-state index contributed by atoms with van der Waals surface area (Å²) >= 11 is 0. The number of alkyl halides is 3. The van der Waals surface area contributed by atoms with Crippen LogP contribution in [0.15, 0.2) is 54.9 Å². The van der Waals surface area contributed by atoms with Gasteiger partial charge in [0.05, 0.1) is 34.8 Å². The lowest BCUT2D eigenvalue weighted by Crippen LogP contribution is -2.18. The number of nitriles is 1. The highest BCUT2D eigenvalue weighted by Crippen LogP contribution is 2.32. The van der Waals surface area contributed by atoms with Crippen LogP contribution in [0, 0.1) is 17.1 Å². The Hall–Kier alpha value is -3.67. The minimum absolute atomic E-state index is 0.0124. The quantitative estimate of drug-likeness (QED) is 0.700. The molecule has 1 N–H and O–H groups in total. The van der Waals surface area contributed by atoms with E-state index in [1.165, 1.54) is 30.5 Å². The summed E-state index contributed by atoms with van der Waals surface area (Å²) in [5, 5.41) is 15.2. The molecule has 1 amide bonds. The number of nitrogens with one attached hydrogen (secondary N) is 1. The fourth-order valence-electron chi connectivity index (χ4n) is 2.47. The summed E-state index contributed by atoms with van der Waals surface area (Å²) in [4.78, 5) is 12.2. The Kier molecular flexibility index (Phi) is 4.64. The van der Waals surface area contributed by atoms with Crippen LogP contribution in [-0.4, -0.2) is 15.7 Å². The molecule has 0 saturated heterocycles. The van der Waals surface area contributed by atoms with E-state index >= 15 is 0 Å². The number of benzene rings is 2. The Balaban J connectivity index is 1.90. The molecule has 3 rings (SSSR count). The highest BCUT2D eigenvalue weighted by molar-refractivity contribution is 6.05. The van der Waals surface area contributed by atoms with Gasteiger partial charge in [0.15, 0.2) is 0 Å². The van der Waals surface area contributed by atoms with Gasteiger partial charge in [-0.05, 0) is 24.3 Å². The van der Waals surface area contributed by atoms with Gasteiger partial charge in [0, 0.05) is 0 Å². The molecule has 9 heteroatoms. The molecule has 0 bridgehead atoms. The minimum Gasteiger partial charge on any atom is -0.319 e. The molecule has 0 aliphatic carbocycles. The third-order valence-electron chi connectivity index (χ3n) is 3.65. The van der Waals surface area contributed by atoms with Crippen LogP contribution in [0.2, 0.25) is 0 Å². The first-order valence-electron chi connectivity index (χ1n) is 7.52. The number of hydrogen-bond acceptors (Lipinski definition) is 3. The van der Waals surface area contributed by atoms with Crippen molar-refractivity contribution in [1.82, 2.24) is 9.78 Å². The summed E-state index contributed by atoms with van der Waals surface area (Å²) in [6.45, 7) is 0. The average Bonchev–Trinajstić information content (AvgIpc) is 3.08. The Morgan fingerprint density at radius 3 is 2.59 bits per heavy atom. The van der Waals surface area contributed by atoms with E-state index in [9.17, 15) is 22.4 Å². The first kappa shape index (κ1) is 18.1. The van der Waals surface area contributed by atoms with Gasteiger partial charge in [-0.25, -0.2) is 9.07 Å². The van der Waals surface area contributed by atoms with E-state index in [0.29, 0.717) is 0 Å². The number of nitrogens with zero attached hydrogens (tertiary/aromatic N) is 3. The molecule has 0 aliphatic heterocycles. The highest BCUT2D eigenvalue weighted by Gasteiger charge is 2.34. The number of carbonyl (C=O) groups excluding carboxylic acids is 1. The van der Waals surface area contributed by atoms with Crippen LogP contribution in [-0.2, 0) is 6.18 Å². The Morgan fingerprint density at radius 1 is 1.15 bits per heavy atom. The number of anilines is 1. The number of hydrogen-bond donors (Lipinski definition) is 1. The SMILES string of the molecule is N#Cc1cccc(F)c1-n1cc(NC(=O)c2ccccc2C(F)(F)F)cn1. The van der Waals surface area contributed by atoms with Crippen LogP contribution in [0.4, 0.5) is 23.2 Å². The molecule has 136 valence electrons. The molecule has 1 heterocycles. The molecule has 0 atom stereocenters. The summed E-state index contributed by atoms with van der Waals surface area (Å²) < 4.78 is 54.1. The zero-order valence-corrected chi connectivity index (χ0v) is 13.5.